The molecule has 7 heteroatoms. The number of hydrogen-bond donors (Lipinski definition) is 1. The number of anilines is 1. The minimum atomic E-state index is -0.276. The van der Waals surface area contributed by atoms with E-state index in [2.05, 4.69) is 68.1 Å². The average Bonchev–Trinajstić information content (AvgIpc) is 2.99. The Morgan fingerprint density at radius 3 is 2.00 bits per heavy atom. The number of benzene rings is 1. The van der Waals surface area contributed by atoms with Crippen molar-refractivity contribution >= 4 is 23.1 Å². The van der Waals surface area contributed by atoms with Gasteiger partial charge < -0.3 is 15.0 Å². The Morgan fingerprint density at radius 2 is 1.56 bits per heavy atom. The number of aryl methyl sites for hydroxylation is 1. The predicted molar refractivity (Wildman–Crippen MR) is 182 cm³/mol. The third-order valence-corrected chi connectivity index (χ3v) is 6.09. The van der Waals surface area contributed by atoms with Gasteiger partial charge in [-0.25, -0.2) is 9.37 Å². The lowest BCUT2D eigenvalue weighted by Gasteiger charge is -2.32. The second kappa shape index (κ2) is 27.8. The number of pyridine rings is 1. The van der Waals surface area contributed by atoms with Crippen LogP contribution in [0.4, 0.5) is 10.2 Å². The highest BCUT2D eigenvalue weighted by Crippen LogP contribution is 2.21. The number of halogens is 1. The number of ether oxygens (including phenoxy) is 1. The number of aromatic nitrogens is 1. The van der Waals surface area contributed by atoms with E-state index in [9.17, 15) is 4.39 Å². The second-order valence-electron chi connectivity index (χ2n) is 9.21. The molecule has 234 valence electrons. The lowest BCUT2D eigenvalue weighted by atomic mass is 10.1. The lowest BCUT2D eigenvalue weighted by molar-refractivity contribution is 0.107. The van der Waals surface area contributed by atoms with Gasteiger partial charge in [-0.05, 0) is 61.8 Å². The number of nitrogens with zero attached hydrogens (tertiary/aromatic N) is 3. The number of likely N-dealkylation sites (tertiary alicyclic amines) is 1. The van der Waals surface area contributed by atoms with Crippen LogP contribution in [0.25, 0.3) is 0 Å². The zero-order valence-electron chi connectivity index (χ0n) is 27.5. The first-order valence-corrected chi connectivity index (χ1v) is 16.4. The van der Waals surface area contributed by atoms with Crippen molar-refractivity contribution in [2.75, 3.05) is 37.6 Å². The number of rotatable bonds is 11. The molecule has 0 saturated carbocycles. The quantitative estimate of drug-likeness (QED) is 0.208. The summed E-state index contributed by atoms with van der Waals surface area (Å²) in [7, 11) is 0. The summed E-state index contributed by atoms with van der Waals surface area (Å²) in [6.07, 6.45) is 7.11. The monoisotopic (exact) mass is 590 g/mol. The smallest absolute Gasteiger partial charge is 0.141 e. The zero-order chi connectivity index (χ0) is 31.5. The summed E-state index contributed by atoms with van der Waals surface area (Å²) in [5.41, 5.74) is 2.60. The van der Waals surface area contributed by atoms with Crippen LogP contribution in [0.3, 0.4) is 0 Å². The first-order valence-electron chi connectivity index (χ1n) is 15.5. The molecule has 1 aromatic carbocycles. The fraction of sp³-hybridized carbons (Fsp3) is 0.588. The van der Waals surface area contributed by atoms with Crippen LogP contribution in [0.15, 0.2) is 54.1 Å². The second-order valence-corrected chi connectivity index (χ2v) is 10.3. The van der Waals surface area contributed by atoms with Gasteiger partial charge in [-0.2, -0.15) is 0 Å². The Balaban J connectivity index is 0. The first-order chi connectivity index (χ1) is 19.9. The number of thioether (sulfide) groups is 1. The average molecular weight is 591 g/mol. The van der Waals surface area contributed by atoms with Gasteiger partial charge in [-0.1, -0.05) is 97.8 Å². The summed E-state index contributed by atoms with van der Waals surface area (Å²) in [6.45, 7) is 27.5. The van der Waals surface area contributed by atoms with Crippen LogP contribution in [-0.4, -0.2) is 54.3 Å². The third-order valence-electron chi connectivity index (χ3n) is 5.51. The molecule has 0 bridgehead atoms. The van der Waals surface area contributed by atoms with Crippen molar-refractivity contribution in [3.05, 3.63) is 65.5 Å². The minimum Gasteiger partial charge on any atom is -0.490 e. The van der Waals surface area contributed by atoms with Gasteiger partial charge in [0.15, 0.2) is 0 Å². The third kappa shape index (κ3) is 20.2. The molecule has 0 unspecified atom stereocenters. The van der Waals surface area contributed by atoms with Gasteiger partial charge in [0.05, 0.1) is 11.7 Å². The Labute approximate surface area is 256 Å². The Kier molecular flexibility index (Phi) is 27.6. The number of nitrogens with one attached hydrogen (secondary N) is 1. The van der Waals surface area contributed by atoms with E-state index < -0.39 is 0 Å². The van der Waals surface area contributed by atoms with E-state index in [0.29, 0.717) is 6.10 Å². The molecule has 1 aromatic heterocycles. The highest BCUT2D eigenvalue weighted by atomic mass is 32.2. The summed E-state index contributed by atoms with van der Waals surface area (Å²) in [4.78, 5) is 9.67. The maximum Gasteiger partial charge on any atom is 0.141 e. The molecule has 0 amide bonds. The van der Waals surface area contributed by atoms with E-state index in [1.54, 1.807) is 6.07 Å². The van der Waals surface area contributed by atoms with Gasteiger partial charge in [-0.15, -0.1) is 0 Å². The van der Waals surface area contributed by atoms with Crippen molar-refractivity contribution in [1.29, 1.82) is 5.41 Å². The SMILES string of the molecule is C=C(CN1CCC(Oc2ccc(C)cc2)CC1)SC=N.CC.CC.CCC.CCCN(CCC)c1ccc(F)cn1. The molecule has 0 radical (unpaired) electrons. The maximum absolute atomic E-state index is 12.6. The molecule has 41 heavy (non-hydrogen) atoms. The van der Waals surface area contributed by atoms with Crippen molar-refractivity contribution in [3.63, 3.8) is 0 Å². The number of piperidine rings is 1. The maximum atomic E-state index is 12.6. The summed E-state index contributed by atoms with van der Waals surface area (Å²) in [5.74, 6) is 1.56. The molecule has 3 rings (SSSR count). The normalized spacial score (nSPS) is 12.4. The number of hydrogen-bond acceptors (Lipinski definition) is 6. The van der Waals surface area contributed by atoms with Crippen LogP contribution in [0.2, 0.25) is 0 Å². The van der Waals surface area contributed by atoms with Gasteiger partial charge in [0.1, 0.15) is 23.5 Å². The molecule has 2 aromatic rings. The Morgan fingerprint density at radius 1 is 1.02 bits per heavy atom. The predicted octanol–water partition coefficient (Wildman–Crippen LogP) is 10.0. The minimum absolute atomic E-state index is 0.276. The van der Waals surface area contributed by atoms with Gasteiger partial charge >= 0.3 is 0 Å². The Hall–Kier alpha value is -2.38. The summed E-state index contributed by atoms with van der Waals surface area (Å²) < 4.78 is 18.7. The fourth-order valence-corrected chi connectivity index (χ4v) is 4.22. The van der Waals surface area contributed by atoms with Gasteiger partial charge in [0.25, 0.3) is 0 Å². The lowest BCUT2D eigenvalue weighted by Crippen LogP contribution is -2.38. The molecule has 1 saturated heterocycles. The molecule has 1 aliphatic rings. The van der Waals surface area contributed by atoms with Crippen molar-refractivity contribution in [2.45, 2.75) is 101 Å². The molecule has 2 heterocycles. The standard InChI is InChI=1S/C16H22N2OS.C11H17FN2.C3H8.2C2H6/c1-13-3-5-15(6-4-13)19-16-7-9-18(10-8-16)11-14(2)20-12-17;1-3-7-14(8-4-2)11-6-5-10(12)9-13-11;1-3-2;2*1-2/h3-6,12,16-17H,2,7-11H2,1H3;5-6,9H,3-4,7-8H2,1-2H3;3H2,1-2H3;2*1-2H3. The van der Waals surface area contributed by atoms with Crippen LogP contribution in [0, 0.1) is 18.2 Å². The molecule has 0 spiro atoms. The Bertz CT molecular complexity index is 863. The van der Waals surface area contributed by atoms with Crippen molar-refractivity contribution in [2.24, 2.45) is 0 Å². The van der Waals surface area contributed by atoms with Gasteiger partial charge in [0, 0.05) is 32.7 Å². The molecule has 1 fully saturated rings. The summed E-state index contributed by atoms with van der Waals surface area (Å²) >= 11 is 1.40. The van der Waals surface area contributed by atoms with Crippen molar-refractivity contribution < 1.29 is 9.13 Å². The molecule has 1 N–H and O–H groups in total. The fourth-order valence-electron chi connectivity index (χ4n) is 3.80. The highest BCUT2D eigenvalue weighted by molar-refractivity contribution is 8.15. The van der Waals surface area contributed by atoms with E-state index in [1.807, 2.05) is 39.8 Å². The molecular formula is C34H59FN4OS. The van der Waals surface area contributed by atoms with E-state index in [0.717, 1.165) is 74.9 Å². The highest BCUT2D eigenvalue weighted by Gasteiger charge is 2.20. The van der Waals surface area contributed by atoms with E-state index in [4.69, 9.17) is 10.1 Å². The first kappa shape index (κ1) is 40.8. The summed E-state index contributed by atoms with van der Waals surface area (Å²) in [5, 5.41) is 7.06. The van der Waals surface area contributed by atoms with E-state index >= 15 is 0 Å². The molecule has 0 aliphatic carbocycles. The van der Waals surface area contributed by atoms with Crippen molar-refractivity contribution in [1.82, 2.24) is 9.88 Å². The van der Waals surface area contributed by atoms with Crippen molar-refractivity contribution in [3.8, 4) is 5.75 Å². The van der Waals surface area contributed by atoms with E-state index in [-0.39, 0.29) is 5.82 Å². The van der Waals surface area contributed by atoms with Crippen LogP contribution in [0.1, 0.15) is 93.1 Å². The van der Waals surface area contributed by atoms with Gasteiger partial charge in [0.2, 0.25) is 0 Å². The largest absolute Gasteiger partial charge is 0.490 e. The van der Waals surface area contributed by atoms with Gasteiger partial charge in [-0.3, -0.25) is 4.90 Å². The summed E-state index contributed by atoms with van der Waals surface area (Å²) in [6, 6.07) is 11.5. The zero-order valence-corrected chi connectivity index (χ0v) is 28.3. The van der Waals surface area contributed by atoms with Crippen LogP contribution in [0.5, 0.6) is 5.75 Å². The van der Waals surface area contributed by atoms with E-state index in [1.165, 1.54) is 41.6 Å². The topological polar surface area (TPSA) is 52.5 Å². The van der Waals surface area contributed by atoms with Crippen LogP contribution < -0.4 is 9.64 Å². The molecule has 5 nitrogen and oxygen atoms in total. The van der Waals surface area contributed by atoms with Crippen LogP contribution in [-0.2, 0) is 0 Å². The molecular weight excluding hydrogens is 531 g/mol. The molecule has 0 atom stereocenters. The molecule has 1 aliphatic heterocycles. The van der Waals surface area contributed by atoms with Crippen LogP contribution >= 0.6 is 11.8 Å².